The molecule has 2 N–H and O–H groups in total. The predicted octanol–water partition coefficient (Wildman–Crippen LogP) is 3.49. The summed E-state index contributed by atoms with van der Waals surface area (Å²) in [5.41, 5.74) is 0.879. The van der Waals surface area contributed by atoms with Crippen molar-refractivity contribution >= 4 is 17.3 Å². The molecule has 0 aliphatic heterocycles. The molecule has 24 heavy (non-hydrogen) atoms. The van der Waals surface area contributed by atoms with Gasteiger partial charge in [-0.1, -0.05) is 18.2 Å². The van der Waals surface area contributed by atoms with Crippen LogP contribution in [0.5, 0.6) is 5.75 Å². The average molecular weight is 347 g/mol. The molecule has 0 amide bonds. The third kappa shape index (κ3) is 5.85. The van der Waals surface area contributed by atoms with Gasteiger partial charge in [0.25, 0.3) is 0 Å². The Labute approximate surface area is 148 Å². The van der Waals surface area contributed by atoms with Crippen LogP contribution in [0.3, 0.4) is 0 Å². The fourth-order valence-corrected chi connectivity index (χ4v) is 2.87. The summed E-state index contributed by atoms with van der Waals surface area (Å²) in [5, 5.41) is 7.71. The van der Waals surface area contributed by atoms with Gasteiger partial charge in [-0.15, -0.1) is 11.3 Å². The molecule has 1 aromatic heterocycles. The monoisotopic (exact) mass is 346 g/mol. The quantitative estimate of drug-likeness (QED) is 0.643. The Balaban J connectivity index is 1.93. The van der Waals surface area contributed by atoms with Crippen LogP contribution in [0, 0.1) is 6.92 Å². The van der Waals surface area contributed by atoms with Gasteiger partial charge in [-0.05, 0) is 33.8 Å². The van der Waals surface area contributed by atoms with Gasteiger partial charge in [0.05, 0.1) is 11.6 Å². The molecule has 0 aliphatic carbocycles. The molecule has 5 nitrogen and oxygen atoms in total. The van der Waals surface area contributed by atoms with E-state index in [1.807, 2.05) is 31.3 Å². The highest BCUT2D eigenvalue weighted by molar-refractivity contribution is 7.11. The van der Waals surface area contributed by atoms with Crippen molar-refractivity contribution in [2.24, 2.45) is 4.99 Å². The Bertz CT molecular complexity index is 688. The first-order valence-electron chi connectivity index (χ1n) is 8.00. The minimum atomic E-state index is -0.222. The molecule has 1 aromatic carbocycles. The molecule has 0 radical (unpaired) electrons. The Morgan fingerprint density at radius 2 is 1.92 bits per heavy atom. The zero-order chi connectivity index (χ0) is 17.6. The second kappa shape index (κ2) is 8.15. The van der Waals surface area contributed by atoms with E-state index in [1.165, 1.54) is 4.88 Å². The molecule has 6 heteroatoms. The minimum absolute atomic E-state index is 0.222. The van der Waals surface area contributed by atoms with Crippen molar-refractivity contribution in [1.82, 2.24) is 15.6 Å². The summed E-state index contributed by atoms with van der Waals surface area (Å²) in [6.07, 6.45) is 1.90. The highest BCUT2D eigenvalue weighted by Crippen LogP contribution is 2.22. The smallest absolute Gasteiger partial charge is 0.191 e. The van der Waals surface area contributed by atoms with E-state index >= 15 is 0 Å². The SMILES string of the molecule is CN=C(NCc1cnc(C)s1)NCc1ccccc1OC(C)(C)C. The number of aryl methyl sites for hydroxylation is 1. The second-order valence-corrected chi connectivity index (χ2v) is 7.77. The van der Waals surface area contributed by atoms with Gasteiger partial charge in [0.2, 0.25) is 0 Å². The van der Waals surface area contributed by atoms with E-state index in [9.17, 15) is 0 Å². The lowest BCUT2D eigenvalue weighted by atomic mass is 10.1. The fraction of sp³-hybridized carbons (Fsp3) is 0.444. The number of aliphatic imine (C=N–C) groups is 1. The van der Waals surface area contributed by atoms with E-state index in [0.29, 0.717) is 13.1 Å². The number of para-hydroxylation sites is 1. The molecule has 0 aliphatic rings. The van der Waals surface area contributed by atoms with Crippen LogP contribution in [0.15, 0.2) is 35.5 Å². The number of hydrogen-bond acceptors (Lipinski definition) is 4. The highest BCUT2D eigenvalue weighted by Gasteiger charge is 2.14. The molecule has 0 atom stereocenters. The number of thiazole rings is 1. The summed E-state index contributed by atoms with van der Waals surface area (Å²) < 4.78 is 6.02. The van der Waals surface area contributed by atoms with Crippen molar-refractivity contribution < 1.29 is 4.74 Å². The maximum atomic E-state index is 6.02. The molecular formula is C18H26N4OS. The summed E-state index contributed by atoms with van der Waals surface area (Å²) in [6.45, 7) is 9.52. The van der Waals surface area contributed by atoms with Gasteiger partial charge in [0, 0.05) is 30.2 Å². The first kappa shape index (κ1) is 18.3. The van der Waals surface area contributed by atoms with Crippen LogP contribution in [-0.2, 0) is 13.1 Å². The highest BCUT2D eigenvalue weighted by atomic mass is 32.1. The topological polar surface area (TPSA) is 58.5 Å². The number of hydrogen-bond donors (Lipinski definition) is 2. The number of nitrogens with one attached hydrogen (secondary N) is 2. The Hall–Kier alpha value is -2.08. The minimum Gasteiger partial charge on any atom is -0.488 e. The number of benzene rings is 1. The fourth-order valence-electron chi connectivity index (χ4n) is 2.14. The molecule has 2 aromatic rings. The lowest BCUT2D eigenvalue weighted by Crippen LogP contribution is -2.36. The number of guanidine groups is 1. The second-order valence-electron chi connectivity index (χ2n) is 6.45. The van der Waals surface area contributed by atoms with E-state index < -0.39 is 0 Å². The third-order valence-electron chi connectivity index (χ3n) is 3.16. The maximum Gasteiger partial charge on any atom is 0.191 e. The van der Waals surface area contributed by atoms with Crippen LogP contribution >= 0.6 is 11.3 Å². The number of aromatic nitrogens is 1. The van der Waals surface area contributed by atoms with Crippen molar-refractivity contribution in [3.63, 3.8) is 0 Å². The van der Waals surface area contributed by atoms with Gasteiger partial charge in [0.1, 0.15) is 11.4 Å². The van der Waals surface area contributed by atoms with Crippen molar-refractivity contribution in [1.29, 1.82) is 0 Å². The molecule has 0 spiro atoms. The van der Waals surface area contributed by atoms with Crippen LogP contribution in [0.2, 0.25) is 0 Å². The third-order valence-corrected chi connectivity index (χ3v) is 4.07. The largest absolute Gasteiger partial charge is 0.488 e. The number of rotatable bonds is 5. The molecule has 0 unspecified atom stereocenters. The van der Waals surface area contributed by atoms with Crippen LogP contribution < -0.4 is 15.4 Å². The lowest BCUT2D eigenvalue weighted by molar-refractivity contribution is 0.129. The van der Waals surface area contributed by atoms with E-state index in [2.05, 4.69) is 47.4 Å². The summed E-state index contributed by atoms with van der Waals surface area (Å²) in [4.78, 5) is 9.72. The maximum absolute atomic E-state index is 6.02. The first-order chi connectivity index (χ1) is 11.4. The van der Waals surface area contributed by atoms with Gasteiger partial charge in [-0.25, -0.2) is 4.98 Å². The molecule has 0 fully saturated rings. The lowest BCUT2D eigenvalue weighted by Gasteiger charge is -2.23. The first-order valence-corrected chi connectivity index (χ1v) is 8.82. The van der Waals surface area contributed by atoms with Crippen LogP contribution in [0.25, 0.3) is 0 Å². The van der Waals surface area contributed by atoms with Crippen molar-refractivity contribution in [2.45, 2.75) is 46.4 Å². The van der Waals surface area contributed by atoms with Gasteiger partial charge in [-0.2, -0.15) is 0 Å². The van der Waals surface area contributed by atoms with Crippen LogP contribution in [0.1, 0.15) is 36.2 Å². The standard InChI is InChI=1S/C18H26N4OS/c1-13-20-11-15(24-13)12-22-17(19-5)21-10-14-8-6-7-9-16(14)23-18(2,3)4/h6-9,11H,10,12H2,1-5H3,(H2,19,21,22). The van der Waals surface area contributed by atoms with Gasteiger partial charge in [-0.3, -0.25) is 4.99 Å². The summed E-state index contributed by atoms with van der Waals surface area (Å²) in [6, 6.07) is 8.07. The Kier molecular flexibility index (Phi) is 6.20. The molecule has 0 saturated carbocycles. The van der Waals surface area contributed by atoms with E-state index in [0.717, 1.165) is 22.3 Å². The van der Waals surface area contributed by atoms with Gasteiger partial charge >= 0.3 is 0 Å². The summed E-state index contributed by atoms with van der Waals surface area (Å²) in [5.74, 6) is 1.65. The number of nitrogens with zero attached hydrogens (tertiary/aromatic N) is 2. The molecule has 130 valence electrons. The van der Waals surface area contributed by atoms with E-state index in [1.54, 1.807) is 18.4 Å². The predicted molar refractivity (Wildman–Crippen MR) is 101 cm³/mol. The Morgan fingerprint density at radius 3 is 2.54 bits per heavy atom. The van der Waals surface area contributed by atoms with Crippen LogP contribution in [-0.4, -0.2) is 23.6 Å². The van der Waals surface area contributed by atoms with E-state index in [4.69, 9.17) is 4.74 Å². The van der Waals surface area contributed by atoms with Crippen molar-refractivity contribution in [3.8, 4) is 5.75 Å². The summed E-state index contributed by atoms with van der Waals surface area (Å²) in [7, 11) is 1.77. The van der Waals surface area contributed by atoms with Gasteiger partial charge < -0.3 is 15.4 Å². The normalized spacial score (nSPS) is 12.1. The van der Waals surface area contributed by atoms with Crippen LogP contribution in [0.4, 0.5) is 0 Å². The molecule has 2 rings (SSSR count). The average Bonchev–Trinajstić information content (AvgIpc) is 2.93. The summed E-state index contributed by atoms with van der Waals surface area (Å²) >= 11 is 1.69. The van der Waals surface area contributed by atoms with E-state index in [-0.39, 0.29) is 5.60 Å². The number of ether oxygens (including phenoxy) is 1. The molecule has 0 bridgehead atoms. The molecular weight excluding hydrogens is 320 g/mol. The zero-order valence-corrected chi connectivity index (χ0v) is 15.8. The van der Waals surface area contributed by atoms with Gasteiger partial charge in [0.15, 0.2) is 5.96 Å². The molecule has 1 heterocycles. The zero-order valence-electron chi connectivity index (χ0n) is 15.0. The molecule has 0 saturated heterocycles. The Morgan fingerprint density at radius 1 is 1.21 bits per heavy atom. The van der Waals surface area contributed by atoms with Crippen molar-refractivity contribution in [2.75, 3.05) is 7.05 Å². The van der Waals surface area contributed by atoms with Crippen molar-refractivity contribution in [3.05, 3.63) is 45.9 Å².